The second-order valence-corrected chi connectivity index (χ2v) is 5.95. The molecule has 0 aliphatic heterocycles. The quantitative estimate of drug-likeness (QED) is 0.335. The lowest BCUT2D eigenvalue weighted by molar-refractivity contribution is 0.310. The third-order valence-electron chi connectivity index (χ3n) is 3.87. The highest BCUT2D eigenvalue weighted by Crippen LogP contribution is 2.28. The van der Waals surface area contributed by atoms with E-state index in [9.17, 15) is 0 Å². The second kappa shape index (κ2) is 12.4. The molecule has 0 aromatic heterocycles. The molecule has 0 radical (unpaired) electrons. The Morgan fingerprint density at radius 1 is 0.963 bits per heavy atom. The van der Waals surface area contributed by atoms with Gasteiger partial charge in [0.15, 0.2) is 17.5 Å². The van der Waals surface area contributed by atoms with E-state index >= 15 is 0 Å². The Kier molecular flexibility index (Phi) is 10.6. The van der Waals surface area contributed by atoms with E-state index in [0.717, 1.165) is 36.1 Å². The van der Waals surface area contributed by atoms with Gasteiger partial charge >= 0.3 is 0 Å². The SMILES string of the molecule is CCNC(=NCc1ccc(OCC)c(OC)c1)NCc1ccc(C)cc1.I. The summed E-state index contributed by atoms with van der Waals surface area (Å²) < 4.78 is 11.0. The molecule has 6 heteroatoms. The van der Waals surface area contributed by atoms with Crippen LogP contribution in [0, 0.1) is 6.92 Å². The number of halogens is 1. The monoisotopic (exact) mass is 483 g/mol. The number of hydrogen-bond donors (Lipinski definition) is 2. The van der Waals surface area contributed by atoms with Crippen LogP contribution in [0.4, 0.5) is 0 Å². The zero-order valence-electron chi connectivity index (χ0n) is 16.5. The number of rotatable bonds is 8. The molecule has 5 nitrogen and oxygen atoms in total. The fourth-order valence-electron chi connectivity index (χ4n) is 2.49. The molecule has 0 saturated heterocycles. The minimum Gasteiger partial charge on any atom is -0.493 e. The predicted molar refractivity (Wildman–Crippen MR) is 122 cm³/mol. The fourth-order valence-corrected chi connectivity index (χ4v) is 2.49. The van der Waals surface area contributed by atoms with Crippen LogP contribution in [-0.4, -0.2) is 26.2 Å². The van der Waals surface area contributed by atoms with Crippen LogP contribution in [0.2, 0.25) is 0 Å². The lowest BCUT2D eigenvalue weighted by Crippen LogP contribution is -2.36. The first kappa shape index (κ1) is 23.1. The Morgan fingerprint density at radius 2 is 1.67 bits per heavy atom. The molecule has 0 saturated carbocycles. The summed E-state index contributed by atoms with van der Waals surface area (Å²) in [5, 5.41) is 6.65. The number of aryl methyl sites for hydroxylation is 1. The van der Waals surface area contributed by atoms with Gasteiger partial charge in [-0.25, -0.2) is 4.99 Å². The molecule has 0 aliphatic rings. The van der Waals surface area contributed by atoms with Crippen molar-refractivity contribution in [2.45, 2.75) is 33.9 Å². The van der Waals surface area contributed by atoms with Crippen LogP contribution in [0.3, 0.4) is 0 Å². The molecule has 0 spiro atoms. The van der Waals surface area contributed by atoms with Gasteiger partial charge in [0.1, 0.15) is 0 Å². The lowest BCUT2D eigenvalue weighted by atomic mass is 10.1. The molecular weight excluding hydrogens is 453 g/mol. The molecule has 0 amide bonds. The van der Waals surface area contributed by atoms with Crippen molar-refractivity contribution >= 4 is 29.9 Å². The van der Waals surface area contributed by atoms with E-state index in [2.05, 4.69) is 53.7 Å². The standard InChI is InChI=1S/C21H29N3O2.HI/c1-5-22-21(23-14-17-9-7-16(3)8-10-17)24-15-18-11-12-19(26-6-2)20(13-18)25-4;/h7-13H,5-6,14-15H2,1-4H3,(H2,22,23,24);1H. The minimum atomic E-state index is 0. The van der Waals surface area contributed by atoms with Crippen LogP contribution >= 0.6 is 24.0 Å². The summed E-state index contributed by atoms with van der Waals surface area (Å²) in [5.41, 5.74) is 3.56. The number of ether oxygens (including phenoxy) is 2. The second-order valence-electron chi connectivity index (χ2n) is 5.95. The molecule has 0 fully saturated rings. The van der Waals surface area contributed by atoms with E-state index in [1.807, 2.05) is 25.1 Å². The van der Waals surface area contributed by atoms with E-state index in [1.54, 1.807) is 7.11 Å². The van der Waals surface area contributed by atoms with Crippen LogP contribution in [0.5, 0.6) is 11.5 Å². The summed E-state index contributed by atoms with van der Waals surface area (Å²) in [6, 6.07) is 14.4. The third kappa shape index (κ3) is 7.66. The number of nitrogens with one attached hydrogen (secondary N) is 2. The minimum absolute atomic E-state index is 0. The van der Waals surface area contributed by atoms with E-state index < -0.39 is 0 Å². The van der Waals surface area contributed by atoms with Crippen LogP contribution in [0.15, 0.2) is 47.5 Å². The van der Waals surface area contributed by atoms with Gasteiger partial charge < -0.3 is 20.1 Å². The highest BCUT2D eigenvalue weighted by Gasteiger charge is 2.05. The molecule has 0 bridgehead atoms. The summed E-state index contributed by atoms with van der Waals surface area (Å²) >= 11 is 0. The molecule has 0 heterocycles. The Labute approximate surface area is 179 Å². The van der Waals surface area contributed by atoms with Crippen molar-refractivity contribution in [3.8, 4) is 11.5 Å². The van der Waals surface area contributed by atoms with Crippen molar-refractivity contribution in [2.24, 2.45) is 4.99 Å². The molecule has 0 atom stereocenters. The Bertz CT molecular complexity index is 718. The van der Waals surface area contributed by atoms with Gasteiger partial charge in [0.25, 0.3) is 0 Å². The van der Waals surface area contributed by atoms with Crippen LogP contribution in [-0.2, 0) is 13.1 Å². The van der Waals surface area contributed by atoms with E-state index in [1.165, 1.54) is 11.1 Å². The van der Waals surface area contributed by atoms with Crippen LogP contribution in [0.25, 0.3) is 0 Å². The van der Waals surface area contributed by atoms with Crippen molar-refractivity contribution in [1.82, 2.24) is 10.6 Å². The number of guanidine groups is 1. The van der Waals surface area contributed by atoms with Crippen LogP contribution in [0.1, 0.15) is 30.5 Å². The molecule has 2 aromatic rings. The first-order valence-electron chi connectivity index (χ1n) is 9.03. The van der Waals surface area contributed by atoms with E-state index in [-0.39, 0.29) is 24.0 Å². The Balaban J connectivity index is 0.00000364. The summed E-state index contributed by atoms with van der Waals surface area (Å²) in [7, 11) is 1.65. The average Bonchev–Trinajstić information content (AvgIpc) is 2.66. The highest BCUT2D eigenvalue weighted by atomic mass is 127. The summed E-state index contributed by atoms with van der Waals surface area (Å²) in [4.78, 5) is 4.67. The first-order valence-corrected chi connectivity index (χ1v) is 9.03. The molecule has 0 aliphatic carbocycles. The van der Waals surface area contributed by atoms with Gasteiger partial charge in [-0.05, 0) is 44.0 Å². The molecule has 27 heavy (non-hydrogen) atoms. The number of aliphatic imine (C=N–C) groups is 1. The fraction of sp³-hybridized carbons (Fsp3) is 0.381. The van der Waals surface area contributed by atoms with Gasteiger partial charge in [-0.2, -0.15) is 0 Å². The van der Waals surface area contributed by atoms with Gasteiger partial charge in [-0.1, -0.05) is 35.9 Å². The molecule has 2 N–H and O–H groups in total. The maximum atomic E-state index is 5.56. The normalized spacial score (nSPS) is 10.7. The number of methoxy groups -OCH3 is 1. The third-order valence-corrected chi connectivity index (χ3v) is 3.87. The number of benzene rings is 2. The Morgan fingerprint density at radius 3 is 2.30 bits per heavy atom. The van der Waals surface area contributed by atoms with Crippen molar-refractivity contribution in [2.75, 3.05) is 20.3 Å². The van der Waals surface area contributed by atoms with Crippen LogP contribution < -0.4 is 20.1 Å². The summed E-state index contributed by atoms with van der Waals surface area (Å²) in [6.45, 7) is 8.83. The topological polar surface area (TPSA) is 54.9 Å². The zero-order chi connectivity index (χ0) is 18.8. The van der Waals surface area contributed by atoms with Gasteiger partial charge in [0.2, 0.25) is 0 Å². The average molecular weight is 483 g/mol. The molecular formula is C21H30IN3O2. The molecule has 148 valence electrons. The largest absolute Gasteiger partial charge is 0.493 e. The number of nitrogens with zero attached hydrogens (tertiary/aromatic N) is 1. The molecule has 0 unspecified atom stereocenters. The number of hydrogen-bond acceptors (Lipinski definition) is 3. The lowest BCUT2D eigenvalue weighted by Gasteiger charge is -2.13. The summed E-state index contributed by atoms with van der Waals surface area (Å²) in [6.07, 6.45) is 0. The van der Waals surface area contributed by atoms with E-state index in [0.29, 0.717) is 13.2 Å². The smallest absolute Gasteiger partial charge is 0.191 e. The zero-order valence-corrected chi connectivity index (χ0v) is 18.9. The Hall–Kier alpha value is -1.96. The first-order chi connectivity index (χ1) is 12.7. The van der Waals surface area contributed by atoms with Crippen molar-refractivity contribution in [1.29, 1.82) is 0 Å². The summed E-state index contributed by atoms with van der Waals surface area (Å²) in [5.74, 6) is 2.28. The van der Waals surface area contributed by atoms with Gasteiger partial charge in [-0.15, -0.1) is 24.0 Å². The van der Waals surface area contributed by atoms with Gasteiger partial charge in [0, 0.05) is 13.1 Å². The molecule has 2 rings (SSSR count). The molecule has 2 aromatic carbocycles. The van der Waals surface area contributed by atoms with Crippen molar-refractivity contribution in [3.05, 3.63) is 59.2 Å². The van der Waals surface area contributed by atoms with Gasteiger partial charge in [-0.3, -0.25) is 0 Å². The predicted octanol–water partition coefficient (Wildman–Crippen LogP) is 4.28. The van der Waals surface area contributed by atoms with Crippen molar-refractivity contribution in [3.63, 3.8) is 0 Å². The maximum Gasteiger partial charge on any atom is 0.191 e. The van der Waals surface area contributed by atoms with E-state index in [4.69, 9.17) is 9.47 Å². The van der Waals surface area contributed by atoms with Crippen molar-refractivity contribution < 1.29 is 9.47 Å². The highest BCUT2D eigenvalue weighted by molar-refractivity contribution is 14.0. The van der Waals surface area contributed by atoms with Gasteiger partial charge in [0.05, 0.1) is 20.3 Å². The maximum absolute atomic E-state index is 5.56.